The largest absolute Gasteiger partial charge is 0.298 e. The summed E-state index contributed by atoms with van der Waals surface area (Å²) < 4.78 is 7.65. The van der Waals surface area contributed by atoms with E-state index in [0.717, 1.165) is 17.1 Å². The Morgan fingerprint density at radius 3 is 2.83 bits per heavy atom. The van der Waals surface area contributed by atoms with E-state index in [1.807, 2.05) is 24.3 Å². The Morgan fingerprint density at radius 1 is 1.17 bits per heavy atom. The molecule has 0 heterocycles. The summed E-state index contributed by atoms with van der Waals surface area (Å²) in [5, 5.41) is 1.68. The van der Waals surface area contributed by atoms with E-state index >= 15 is 0 Å². The van der Waals surface area contributed by atoms with Gasteiger partial charge in [-0.1, -0.05) is 42.4 Å². The summed E-state index contributed by atoms with van der Waals surface area (Å²) in [6, 6.07) is 11.3. The summed E-state index contributed by atoms with van der Waals surface area (Å²) in [5.41, 5.74) is 0.586. The summed E-state index contributed by atoms with van der Waals surface area (Å²) in [6.45, 7) is 0. The number of carbonyl (C=O) groups is 1. The number of aldehydes is 1. The fourth-order valence-electron chi connectivity index (χ4n) is 1.28. The smallest absolute Gasteiger partial charge is 0.150 e. The van der Waals surface area contributed by atoms with Crippen molar-refractivity contribution in [3.8, 4) is 0 Å². The molecule has 2 aromatic rings. The molecule has 0 saturated heterocycles. The first-order valence-electron chi connectivity index (χ1n) is 4.26. The average molecular weight is 157 g/mol. The normalized spacial score (nSPS) is 11.2. The summed E-state index contributed by atoms with van der Waals surface area (Å²) in [4.78, 5) is 10.7. The van der Waals surface area contributed by atoms with Crippen LogP contribution in [0.4, 0.5) is 0 Å². The Bertz CT molecular complexity index is 457. The molecule has 12 heavy (non-hydrogen) atoms. The molecule has 1 heteroatoms. The fourth-order valence-corrected chi connectivity index (χ4v) is 1.28. The van der Waals surface area contributed by atoms with E-state index in [-0.39, 0.29) is 0 Å². The molecule has 2 rings (SSSR count). The monoisotopic (exact) mass is 157 g/mol. The molecule has 2 aromatic carbocycles. The van der Waals surface area contributed by atoms with Crippen molar-refractivity contribution in [1.29, 1.82) is 0 Å². The first-order chi connectivity index (χ1) is 6.33. The van der Waals surface area contributed by atoms with Gasteiger partial charge in [-0.25, -0.2) is 0 Å². The molecule has 0 N–H and O–H groups in total. The number of hydrogen-bond donors (Lipinski definition) is 0. The van der Waals surface area contributed by atoms with Crippen molar-refractivity contribution in [2.24, 2.45) is 0 Å². The van der Waals surface area contributed by atoms with E-state index in [0.29, 0.717) is 11.6 Å². The van der Waals surface area contributed by atoms with Gasteiger partial charge in [0.05, 0.1) is 1.37 Å². The van der Waals surface area contributed by atoms with Gasteiger partial charge < -0.3 is 0 Å². The third kappa shape index (κ3) is 0.996. The fraction of sp³-hybridized carbons (Fsp3) is 0. The summed E-state index contributed by atoms with van der Waals surface area (Å²) >= 11 is 0. The molecule has 0 aliphatic rings. The molecule has 0 aromatic heterocycles. The van der Waals surface area contributed by atoms with Crippen molar-refractivity contribution in [2.45, 2.75) is 0 Å². The van der Waals surface area contributed by atoms with Gasteiger partial charge in [-0.3, -0.25) is 4.79 Å². The van der Waals surface area contributed by atoms with Crippen molar-refractivity contribution in [3.63, 3.8) is 0 Å². The van der Waals surface area contributed by atoms with E-state index < -0.39 is 0 Å². The number of rotatable bonds is 1. The first kappa shape index (κ1) is 5.95. The van der Waals surface area contributed by atoms with E-state index in [9.17, 15) is 4.79 Å². The lowest BCUT2D eigenvalue weighted by Crippen LogP contribution is -1.81. The highest BCUT2D eigenvalue weighted by Crippen LogP contribution is 2.16. The maximum atomic E-state index is 10.7. The van der Waals surface area contributed by atoms with Crippen molar-refractivity contribution < 1.29 is 6.17 Å². The third-order valence-electron chi connectivity index (χ3n) is 1.86. The van der Waals surface area contributed by atoms with E-state index in [1.54, 1.807) is 12.1 Å². The van der Waals surface area contributed by atoms with Crippen LogP contribution in [0.15, 0.2) is 42.4 Å². The molecule has 0 bridgehead atoms. The van der Waals surface area contributed by atoms with E-state index in [4.69, 9.17) is 1.37 Å². The second-order valence-corrected chi connectivity index (χ2v) is 2.60. The molecule has 0 spiro atoms. The lowest BCUT2D eigenvalue weighted by molar-refractivity contribution is 0.112. The SMILES string of the molecule is [2H]c1cccc2cccc(C=O)c12. The molecule has 0 saturated carbocycles. The Kier molecular flexibility index (Phi) is 1.38. The molecular formula is C11H8O. The van der Waals surface area contributed by atoms with Crippen LogP contribution in [0.3, 0.4) is 0 Å². The van der Waals surface area contributed by atoms with Crippen molar-refractivity contribution in [3.05, 3.63) is 48.0 Å². The molecule has 0 aliphatic carbocycles. The number of fused-ring (bicyclic) bond motifs is 1. The van der Waals surface area contributed by atoms with E-state index in [2.05, 4.69) is 0 Å². The van der Waals surface area contributed by atoms with Crippen LogP contribution in [0.2, 0.25) is 0 Å². The van der Waals surface area contributed by atoms with Crippen molar-refractivity contribution in [1.82, 2.24) is 0 Å². The van der Waals surface area contributed by atoms with Crippen LogP contribution in [-0.2, 0) is 0 Å². The Balaban J connectivity index is 2.94. The first-order valence-corrected chi connectivity index (χ1v) is 3.76. The standard InChI is InChI=1S/C11H8O/c12-8-10-6-3-5-9-4-1-2-7-11(9)10/h1-8H/i7D. The minimum Gasteiger partial charge on any atom is -0.298 e. The van der Waals surface area contributed by atoms with Gasteiger partial charge in [-0.05, 0) is 10.8 Å². The van der Waals surface area contributed by atoms with Crippen LogP contribution in [0.1, 0.15) is 11.7 Å². The predicted octanol–water partition coefficient (Wildman–Crippen LogP) is 2.65. The van der Waals surface area contributed by atoms with Crippen LogP contribution >= 0.6 is 0 Å². The number of benzene rings is 2. The lowest BCUT2D eigenvalue weighted by Gasteiger charge is -1.98. The van der Waals surface area contributed by atoms with Gasteiger partial charge >= 0.3 is 0 Å². The van der Waals surface area contributed by atoms with Gasteiger partial charge in [0.2, 0.25) is 0 Å². The van der Waals surface area contributed by atoms with Gasteiger partial charge in [0, 0.05) is 5.56 Å². The molecule has 0 amide bonds. The summed E-state index contributed by atoms with van der Waals surface area (Å²) in [6.07, 6.45) is 0.792. The Labute approximate surface area is 72.0 Å². The zero-order chi connectivity index (χ0) is 9.26. The summed E-state index contributed by atoms with van der Waals surface area (Å²) in [5.74, 6) is 0. The zero-order valence-electron chi connectivity index (χ0n) is 7.45. The molecule has 0 fully saturated rings. The molecule has 1 nitrogen and oxygen atoms in total. The van der Waals surface area contributed by atoms with Crippen molar-refractivity contribution in [2.75, 3.05) is 0 Å². The van der Waals surface area contributed by atoms with Crippen LogP contribution in [0.5, 0.6) is 0 Å². The van der Waals surface area contributed by atoms with Gasteiger partial charge in [0.1, 0.15) is 0 Å². The molecule has 0 unspecified atom stereocenters. The van der Waals surface area contributed by atoms with Crippen LogP contribution < -0.4 is 0 Å². The van der Waals surface area contributed by atoms with Gasteiger partial charge in [0.15, 0.2) is 6.29 Å². The zero-order valence-corrected chi connectivity index (χ0v) is 6.45. The Hall–Kier alpha value is -1.63. The topological polar surface area (TPSA) is 17.1 Å². The van der Waals surface area contributed by atoms with E-state index in [1.165, 1.54) is 0 Å². The minimum atomic E-state index is 0.403. The maximum Gasteiger partial charge on any atom is 0.150 e. The second-order valence-electron chi connectivity index (χ2n) is 2.60. The maximum absolute atomic E-state index is 10.7. The quantitative estimate of drug-likeness (QED) is 0.581. The number of carbonyl (C=O) groups excluding carboxylic acids is 1. The highest BCUT2D eigenvalue weighted by Gasteiger charge is 1.96. The third-order valence-corrected chi connectivity index (χ3v) is 1.86. The molecule has 0 aliphatic heterocycles. The van der Waals surface area contributed by atoms with Crippen LogP contribution in [0, 0.1) is 0 Å². The molecule has 58 valence electrons. The second kappa shape index (κ2) is 2.78. The minimum absolute atomic E-state index is 0.403. The highest BCUT2D eigenvalue weighted by molar-refractivity contribution is 5.97. The van der Waals surface area contributed by atoms with Gasteiger partial charge in [-0.15, -0.1) is 0 Å². The number of hydrogen-bond acceptors (Lipinski definition) is 1. The van der Waals surface area contributed by atoms with Crippen LogP contribution in [-0.4, -0.2) is 6.29 Å². The summed E-state index contributed by atoms with van der Waals surface area (Å²) in [7, 11) is 0. The van der Waals surface area contributed by atoms with Gasteiger partial charge in [0.25, 0.3) is 0 Å². The molecule has 0 radical (unpaired) electrons. The lowest BCUT2D eigenvalue weighted by atomic mass is 10.1. The van der Waals surface area contributed by atoms with Gasteiger partial charge in [-0.2, -0.15) is 0 Å². The molecule has 0 atom stereocenters. The Morgan fingerprint density at radius 2 is 2.00 bits per heavy atom. The van der Waals surface area contributed by atoms with Crippen LogP contribution in [0.25, 0.3) is 10.8 Å². The average Bonchev–Trinajstić information content (AvgIpc) is 2.17. The molecular weight excluding hydrogens is 148 g/mol. The predicted molar refractivity (Wildman–Crippen MR) is 49.3 cm³/mol. The highest BCUT2D eigenvalue weighted by atomic mass is 16.1. The van der Waals surface area contributed by atoms with Crippen molar-refractivity contribution >= 4 is 17.1 Å².